The van der Waals surface area contributed by atoms with E-state index in [4.69, 9.17) is 16.3 Å². The van der Waals surface area contributed by atoms with E-state index in [0.717, 1.165) is 0 Å². The zero-order valence-corrected chi connectivity index (χ0v) is 11.8. The minimum atomic E-state index is -0.317. The first kappa shape index (κ1) is 13.2. The number of ether oxygens (including phenoxy) is 1. The number of imide groups is 1. The van der Waals surface area contributed by atoms with Crippen molar-refractivity contribution in [2.75, 3.05) is 12.0 Å². The maximum absolute atomic E-state index is 12.4. The lowest BCUT2D eigenvalue weighted by Crippen LogP contribution is -2.30. The molecule has 20 heavy (non-hydrogen) atoms. The molecule has 0 saturated carbocycles. The topological polar surface area (TPSA) is 46.6 Å². The molecule has 1 aromatic rings. The summed E-state index contributed by atoms with van der Waals surface area (Å²) in [4.78, 5) is 26.1. The Morgan fingerprint density at radius 1 is 1.15 bits per heavy atom. The lowest BCUT2D eigenvalue weighted by Gasteiger charge is -2.17. The van der Waals surface area contributed by atoms with Crippen LogP contribution < -0.4 is 9.64 Å². The average Bonchev–Trinajstić information content (AvgIpc) is 2.71. The summed E-state index contributed by atoms with van der Waals surface area (Å²) in [5.41, 5.74) is 0.589. The van der Waals surface area contributed by atoms with Gasteiger partial charge in [0, 0.05) is 5.03 Å². The Hall–Kier alpha value is -1.81. The first-order chi connectivity index (χ1) is 9.61. The van der Waals surface area contributed by atoms with Crippen molar-refractivity contribution in [1.29, 1.82) is 0 Å². The molecule has 1 aromatic carbocycles. The van der Waals surface area contributed by atoms with Crippen LogP contribution in [0.1, 0.15) is 12.8 Å². The Kier molecular flexibility index (Phi) is 3.26. The van der Waals surface area contributed by atoms with Crippen LogP contribution in [0.15, 0.2) is 35.4 Å². The van der Waals surface area contributed by atoms with Crippen LogP contribution in [0.5, 0.6) is 5.75 Å². The third kappa shape index (κ3) is 2.00. The highest BCUT2D eigenvalue weighted by molar-refractivity contribution is 6.30. The molecule has 2 amide bonds. The van der Waals surface area contributed by atoms with Crippen LogP contribution >= 0.6 is 11.6 Å². The number of anilines is 1. The van der Waals surface area contributed by atoms with E-state index in [1.165, 1.54) is 4.90 Å². The Labute approximate surface area is 122 Å². The number of hydrogen-bond acceptors (Lipinski definition) is 3. The second kappa shape index (κ2) is 4.94. The molecular formula is C15H14ClNO3. The zero-order chi connectivity index (χ0) is 14.3. The van der Waals surface area contributed by atoms with Crippen LogP contribution in [0.2, 0.25) is 0 Å². The van der Waals surface area contributed by atoms with E-state index in [9.17, 15) is 9.59 Å². The van der Waals surface area contributed by atoms with Crippen LogP contribution in [-0.4, -0.2) is 18.9 Å². The number of amides is 2. The van der Waals surface area contributed by atoms with Gasteiger partial charge in [-0.15, -0.1) is 0 Å². The van der Waals surface area contributed by atoms with Crippen LogP contribution in [0.25, 0.3) is 0 Å². The molecule has 1 fully saturated rings. The number of methoxy groups -OCH3 is 1. The van der Waals surface area contributed by atoms with E-state index < -0.39 is 0 Å². The molecule has 0 spiro atoms. The largest absolute Gasteiger partial charge is 0.497 e. The summed E-state index contributed by atoms with van der Waals surface area (Å²) in [5.74, 6) is -0.189. The molecule has 3 rings (SSSR count). The summed E-state index contributed by atoms with van der Waals surface area (Å²) in [6.45, 7) is 0. The van der Waals surface area contributed by atoms with E-state index in [-0.39, 0.29) is 23.7 Å². The van der Waals surface area contributed by atoms with Crippen LogP contribution in [0.4, 0.5) is 5.69 Å². The second-order valence-corrected chi connectivity index (χ2v) is 5.50. The zero-order valence-electron chi connectivity index (χ0n) is 11.0. The number of benzene rings is 1. The monoisotopic (exact) mass is 291 g/mol. The Morgan fingerprint density at radius 3 is 2.45 bits per heavy atom. The average molecular weight is 292 g/mol. The first-order valence-electron chi connectivity index (χ1n) is 6.48. The molecule has 1 heterocycles. The number of nitrogens with zero attached hydrogens (tertiary/aromatic N) is 1. The van der Waals surface area contributed by atoms with Crippen molar-refractivity contribution in [3.8, 4) is 5.75 Å². The molecule has 0 unspecified atom stereocenters. The number of allylic oxidation sites excluding steroid dienone is 2. The summed E-state index contributed by atoms with van der Waals surface area (Å²) in [6.07, 6.45) is 2.84. The smallest absolute Gasteiger partial charge is 0.238 e. The molecule has 0 radical (unpaired) electrons. The predicted octanol–water partition coefficient (Wildman–Crippen LogP) is 2.72. The van der Waals surface area contributed by atoms with Crippen molar-refractivity contribution in [3.63, 3.8) is 0 Å². The summed E-state index contributed by atoms with van der Waals surface area (Å²) in [7, 11) is 1.57. The molecule has 0 aromatic heterocycles. The third-order valence-electron chi connectivity index (χ3n) is 3.90. The van der Waals surface area contributed by atoms with Gasteiger partial charge in [-0.1, -0.05) is 17.7 Å². The van der Waals surface area contributed by atoms with Crippen LogP contribution in [0, 0.1) is 11.8 Å². The fourth-order valence-corrected chi connectivity index (χ4v) is 3.07. The minimum Gasteiger partial charge on any atom is -0.497 e. The van der Waals surface area contributed by atoms with Gasteiger partial charge in [0.15, 0.2) is 0 Å². The van der Waals surface area contributed by atoms with E-state index in [1.807, 2.05) is 6.08 Å². The highest BCUT2D eigenvalue weighted by Crippen LogP contribution is 2.40. The molecule has 104 valence electrons. The van der Waals surface area contributed by atoms with Gasteiger partial charge in [0.05, 0.1) is 24.6 Å². The highest BCUT2D eigenvalue weighted by Gasteiger charge is 2.48. The van der Waals surface area contributed by atoms with Gasteiger partial charge in [0.1, 0.15) is 5.75 Å². The van der Waals surface area contributed by atoms with Gasteiger partial charge in [-0.25, -0.2) is 0 Å². The van der Waals surface area contributed by atoms with E-state index in [2.05, 4.69) is 0 Å². The van der Waals surface area contributed by atoms with Crippen molar-refractivity contribution < 1.29 is 14.3 Å². The number of halogens is 1. The van der Waals surface area contributed by atoms with Crippen molar-refractivity contribution >= 4 is 29.1 Å². The Bertz CT molecular complexity index is 594. The quantitative estimate of drug-likeness (QED) is 0.787. The fraction of sp³-hybridized carbons (Fsp3) is 0.333. The van der Waals surface area contributed by atoms with Crippen LogP contribution in [0.3, 0.4) is 0 Å². The van der Waals surface area contributed by atoms with Crippen molar-refractivity contribution in [2.24, 2.45) is 11.8 Å². The minimum absolute atomic E-state index is 0.134. The van der Waals surface area contributed by atoms with Crippen molar-refractivity contribution in [2.45, 2.75) is 12.8 Å². The molecule has 1 saturated heterocycles. The van der Waals surface area contributed by atoms with Gasteiger partial charge < -0.3 is 4.74 Å². The number of carbonyl (C=O) groups is 2. The van der Waals surface area contributed by atoms with Gasteiger partial charge in [0.2, 0.25) is 11.8 Å². The van der Waals surface area contributed by atoms with Crippen molar-refractivity contribution in [1.82, 2.24) is 0 Å². The molecule has 0 N–H and O–H groups in total. The molecule has 2 atom stereocenters. The maximum Gasteiger partial charge on any atom is 0.238 e. The highest BCUT2D eigenvalue weighted by atomic mass is 35.5. The van der Waals surface area contributed by atoms with Crippen LogP contribution in [-0.2, 0) is 9.59 Å². The Morgan fingerprint density at radius 2 is 1.80 bits per heavy atom. The molecular weight excluding hydrogens is 278 g/mol. The normalized spacial score (nSPS) is 25.5. The van der Waals surface area contributed by atoms with Gasteiger partial charge >= 0.3 is 0 Å². The Balaban J connectivity index is 1.91. The number of rotatable bonds is 2. The van der Waals surface area contributed by atoms with E-state index in [0.29, 0.717) is 29.3 Å². The van der Waals surface area contributed by atoms with Gasteiger partial charge in [-0.05, 0) is 37.1 Å². The van der Waals surface area contributed by atoms with Gasteiger partial charge in [-0.3, -0.25) is 14.5 Å². The number of hydrogen-bond donors (Lipinski definition) is 0. The molecule has 2 aliphatic rings. The molecule has 1 aliphatic carbocycles. The fourth-order valence-electron chi connectivity index (χ4n) is 2.81. The summed E-state index contributed by atoms with van der Waals surface area (Å²) in [5, 5.41) is 0.670. The van der Waals surface area contributed by atoms with Gasteiger partial charge in [0.25, 0.3) is 0 Å². The summed E-state index contributed by atoms with van der Waals surface area (Å²) in [6, 6.07) is 6.92. The lowest BCUT2D eigenvalue weighted by atomic mass is 9.85. The third-order valence-corrected chi connectivity index (χ3v) is 4.21. The first-order valence-corrected chi connectivity index (χ1v) is 6.86. The maximum atomic E-state index is 12.4. The predicted molar refractivity (Wildman–Crippen MR) is 75.6 cm³/mol. The lowest BCUT2D eigenvalue weighted by molar-refractivity contribution is -0.122. The van der Waals surface area contributed by atoms with E-state index >= 15 is 0 Å². The molecule has 5 heteroatoms. The van der Waals surface area contributed by atoms with Gasteiger partial charge in [-0.2, -0.15) is 0 Å². The van der Waals surface area contributed by atoms with E-state index in [1.54, 1.807) is 31.4 Å². The molecule has 0 bridgehead atoms. The summed E-state index contributed by atoms with van der Waals surface area (Å²) >= 11 is 5.99. The summed E-state index contributed by atoms with van der Waals surface area (Å²) < 4.78 is 5.08. The molecule has 4 nitrogen and oxygen atoms in total. The SMILES string of the molecule is COc1ccc(N2C(=O)[C@H]3CC=C(Cl)C[C@H]3C2=O)cc1. The standard InChI is InChI=1S/C15H14ClNO3/c1-20-11-5-3-10(4-6-11)17-14(18)12-7-2-9(16)8-13(12)15(17)19/h2-6,12-13H,7-8H2,1H3/t12-,13+/m0/s1. The second-order valence-electron chi connectivity index (χ2n) is 5.01. The van der Waals surface area contributed by atoms with Crippen molar-refractivity contribution in [3.05, 3.63) is 35.4 Å². The molecule has 1 aliphatic heterocycles. The number of fused-ring (bicyclic) bond motifs is 1. The number of carbonyl (C=O) groups excluding carboxylic acids is 2.